The van der Waals surface area contributed by atoms with Crippen molar-refractivity contribution in [3.05, 3.63) is 64.7 Å². The number of carbonyl (C=O) groups is 1. The molecule has 0 aliphatic heterocycles. The molecule has 0 saturated carbocycles. The molecule has 0 unspecified atom stereocenters. The number of carbonyl (C=O) groups excluding carboxylic acids is 1. The minimum Gasteiger partial charge on any atom is -0.411 e. The molecular weight excluding hydrogens is 346 g/mol. The zero-order valence-electron chi connectivity index (χ0n) is 15.1. The van der Waals surface area contributed by atoms with Gasteiger partial charge in [-0.3, -0.25) is 4.79 Å². The molecule has 134 valence electrons. The van der Waals surface area contributed by atoms with E-state index in [1.807, 2.05) is 56.3 Å². The standard InChI is InChI=1S/C20H21N3O2S/c1-13-4-7-16(8-5-13)11-21-18(24)12-26-20-23-22-19(25-20)17-9-6-14(2)15(3)10-17/h4-10H,11-12H2,1-3H3,(H,21,24). The van der Waals surface area contributed by atoms with E-state index in [1.54, 1.807) is 0 Å². The normalized spacial score (nSPS) is 10.7. The van der Waals surface area contributed by atoms with Crippen LogP contribution in [0.5, 0.6) is 0 Å². The zero-order valence-corrected chi connectivity index (χ0v) is 15.9. The van der Waals surface area contributed by atoms with Gasteiger partial charge in [0.15, 0.2) is 0 Å². The van der Waals surface area contributed by atoms with E-state index in [1.165, 1.54) is 28.5 Å². The van der Waals surface area contributed by atoms with Crippen LogP contribution in [0, 0.1) is 20.8 Å². The summed E-state index contributed by atoms with van der Waals surface area (Å²) in [5.41, 5.74) is 5.55. The predicted octanol–water partition coefficient (Wildman–Crippen LogP) is 4.07. The second-order valence-corrected chi connectivity index (χ2v) is 7.15. The molecular formula is C20H21N3O2S. The molecule has 0 radical (unpaired) electrons. The summed E-state index contributed by atoms with van der Waals surface area (Å²) in [5, 5.41) is 11.4. The number of nitrogens with zero attached hydrogens (tertiary/aromatic N) is 2. The fourth-order valence-corrected chi connectivity index (χ4v) is 2.94. The van der Waals surface area contributed by atoms with Gasteiger partial charge in [-0.15, -0.1) is 10.2 Å². The number of rotatable bonds is 6. The van der Waals surface area contributed by atoms with Crippen molar-refractivity contribution in [1.29, 1.82) is 0 Å². The van der Waals surface area contributed by atoms with E-state index < -0.39 is 0 Å². The van der Waals surface area contributed by atoms with Crippen molar-refractivity contribution >= 4 is 17.7 Å². The Labute approximate surface area is 157 Å². The third kappa shape index (κ3) is 4.73. The number of amides is 1. The highest BCUT2D eigenvalue weighted by atomic mass is 32.2. The van der Waals surface area contributed by atoms with Crippen LogP contribution in [-0.2, 0) is 11.3 Å². The number of hydrogen-bond donors (Lipinski definition) is 1. The Hall–Kier alpha value is -2.60. The second-order valence-electron chi connectivity index (χ2n) is 6.22. The number of nitrogens with one attached hydrogen (secondary N) is 1. The van der Waals surface area contributed by atoms with Gasteiger partial charge in [0.05, 0.1) is 5.75 Å². The third-order valence-corrected chi connectivity index (χ3v) is 4.92. The maximum absolute atomic E-state index is 12.0. The van der Waals surface area contributed by atoms with Crippen LogP contribution in [0.2, 0.25) is 0 Å². The van der Waals surface area contributed by atoms with Gasteiger partial charge in [0, 0.05) is 12.1 Å². The molecule has 0 spiro atoms. The summed E-state index contributed by atoms with van der Waals surface area (Å²) < 4.78 is 5.65. The fraction of sp³-hybridized carbons (Fsp3) is 0.250. The van der Waals surface area contributed by atoms with Gasteiger partial charge in [-0.05, 0) is 49.6 Å². The van der Waals surface area contributed by atoms with Gasteiger partial charge < -0.3 is 9.73 Å². The molecule has 0 fully saturated rings. The van der Waals surface area contributed by atoms with Crippen LogP contribution < -0.4 is 5.32 Å². The average Bonchev–Trinajstić information content (AvgIpc) is 3.11. The molecule has 1 heterocycles. The Morgan fingerprint density at radius 2 is 1.81 bits per heavy atom. The van der Waals surface area contributed by atoms with Crippen molar-refractivity contribution in [2.24, 2.45) is 0 Å². The quantitative estimate of drug-likeness (QED) is 0.665. The highest BCUT2D eigenvalue weighted by Crippen LogP contribution is 2.24. The largest absolute Gasteiger partial charge is 0.411 e. The second kappa shape index (κ2) is 8.19. The zero-order chi connectivity index (χ0) is 18.5. The summed E-state index contributed by atoms with van der Waals surface area (Å²) in [6.45, 7) is 6.65. The molecule has 26 heavy (non-hydrogen) atoms. The van der Waals surface area contributed by atoms with Crippen LogP contribution in [0.1, 0.15) is 22.3 Å². The summed E-state index contributed by atoms with van der Waals surface area (Å²) in [6.07, 6.45) is 0. The summed E-state index contributed by atoms with van der Waals surface area (Å²) in [5.74, 6) is 0.637. The lowest BCUT2D eigenvalue weighted by molar-refractivity contribution is -0.118. The topological polar surface area (TPSA) is 68.0 Å². The Morgan fingerprint density at radius 3 is 2.54 bits per heavy atom. The van der Waals surface area contributed by atoms with E-state index in [-0.39, 0.29) is 11.7 Å². The van der Waals surface area contributed by atoms with Gasteiger partial charge in [-0.1, -0.05) is 47.7 Å². The van der Waals surface area contributed by atoms with Gasteiger partial charge in [0.2, 0.25) is 11.8 Å². The van der Waals surface area contributed by atoms with Gasteiger partial charge >= 0.3 is 0 Å². The maximum Gasteiger partial charge on any atom is 0.277 e. The van der Waals surface area contributed by atoms with E-state index in [2.05, 4.69) is 22.4 Å². The molecule has 0 saturated heterocycles. The lowest BCUT2D eigenvalue weighted by Gasteiger charge is -2.04. The highest BCUT2D eigenvalue weighted by molar-refractivity contribution is 7.99. The fourth-order valence-electron chi connectivity index (χ4n) is 2.34. The Bertz CT molecular complexity index is 904. The SMILES string of the molecule is Cc1ccc(CNC(=O)CSc2nnc(-c3ccc(C)c(C)c3)o2)cc1. The van der Waals surface area contributed by atoms with Crippen molar-refractivity contribution < 1.29 is 9.21 Å². The van der Waals surface area contributed by atoms with Gasteiger partial charge in [-0.2, -0.15) is 0 Å². The highest BCUT2D eigenvalue weighted by Gasteiger charge is 2.11. The molecule has 1 N–H and O–H groups in total. The maximum atomic E-state index is 12.0. The summed E-state index contributed by atoms with van der Waals surface area (Å²) in [4.78, 5) is 12.0. The number of hydrogen-bond acceptors (Lipinski definition) is 5. The van der Waals surface area contributed by atoms with Gasteiger partial charge in [0.25, 0.3) is 5.22 Å². The van der Waals surface area contributed by atoms with Crippen molar-refractivity contribution in [3.8, 4) is 11.5 Å². The predicted molar refractivity (Wildman–Crippen MR) is 103 cm³/mol. The lowest BCUT2D eigenvalue weighted by atomic mass is 10.1. The molecule has 0 atom stereocenters. The minimum atomic E-state index is -0.0681. The van der Waals surface area contributed by atoms with Gasteiger partial charge in [0.1, 0.15) is 0 Å². The first-order chi connectivity index (χ1) is 12.5. The van der Waals surface area contributed by atoms with Crippen molar-refractivity contribution in [3.63, 3.8) is 0 Å². The summed E-state index contributed by atoms with van der Waals surface area (Å²) in [7, 11) is 0. The van der Waals surface area contributed by atoms with E-state index in [0.29, 0.717) is 17.7 Å². The number of aryl methyl sites for hydroxylation is 3. The molecule has 0 aliphatic carbocycles. The molecule has 6 heteroatoms. The van der Waals surface area contributed by atoms with Crippen LogP contribution in [0.4, 0.5) is 0 Å². The summed E-state index contributed by atoms with van der Waals surface area (Å²) in [6, 6.07) is 14.1. The Balaban J connectivity index is 1.51. The van der Waals surface area contributed by atoms with Crippen LogP contribution >= 0.6 is 11.8 Å². The molecule has 0 aliphatic rings. The first-order valence-electron chi connectivity index (χ1n) is 8.37. The monoisotopic (exact) mass is 367 g/mol. The molecule has 3 rings (SSSR count). The van der Waals surface area contributed by atoms with Crippen LogP contribution in [0.3, 0.4) is 0 Å². The van der Waals surface area contributed by atoms with Crippen LogP contribution in [0.15, 0.2) is 52.1 Å². The third-order valence-electron chi connectivity index (χ3n) is 4.10. The van der Waals surface area contributed by atoms with E-state index in [4.69, 9.17) is 4.42 Å². The number of thioether (sulfide) groups is 1. The van der Waals surface area contributed by atoms with Gasteiger partial charge in [-0.25, -0.2) is 0 Å². The Morgan fingerprint density at radius 1 is 1.04 bits per heavy atom. The molecule has 0 bridgehead atoms. The van der Waals surface area contributed by atoms with E-state index >= 15 is 0 Å². The number of aromatic nitrogens is 2. The first kappa shape index (κ1) is 18.2. The van der Waals surface area contributed by atoms with Crippen LogP contribution in [-0.4, -0.2) is 21.9 Å². The minimum absolute atomic E-state index is 0.0681. The molecule has 5 nitrogen and oxygen atoms in total. The Kier molecular flexibility index (Phi) is 5.73. The summed E-state index contributed by atoms with van der Waals surface area (Å²) >= 11 is 1.24. The van der Waals surface area contributed by atoms with E-state index in [0.717, 1.165) is 11.1 Å². The van der Waals surface area contributed by atoms with E-state index in [9.17, 15) is 4.79 Å². The number of benzene rings is 2. The van der Waals surface area contributed by atoms with Crippen molar-refractivity contribution in [2.45, 2.75) is 32.5 Å². The first-order valence-corrected chi connectivity index (χ1v) is 9.36. The molecule has 1 amide bonds. The van der Waals surface area contributed by atoms with Crippen molar-refractivity contribution in [2.75, 3.05) is 5.75 Å². The average molecular weight is 367 g/mol. The molecule has 2 aromatic carbocycles. The van der Waals surface area contributed by atoms with Crippen LogP contribution in [0.25, 0.3) is 11.5 Å². The lowest BCUT2D eigenvalue weighted by Crippen LogP contribution is -2.24. The molecule has 3 aromatic rings. The van der Waals surface area contributed by atoms with Crippen molar-refractivity contribution in [1.82, 2.24) is 15.5 Å². The smallest absolute Gasteiger partial charge is 0.277 e. The molecule has 1 aromatic heterocycles.